The van der Waals surface area contributed by atoms with Gasteiger partial charge in [-0.25, -0.2) is 0 Å². The number of benzene rings is 1. The Hall–Kier alpha value is -1.68. The van der Waals surface area contributed by atoms with Crippen LogP contribution in [-0.2, 0) is 9.59 Å². The third-order valence-corrected chi connectivity index (χ3v) is 5.02. The number of carbonyl (C=O) groups excluding carboxylic acids is 2. The molecule has 0 spiro atoms. The summed E-state index contributed by atoms with van der Waals surface area (Å²) in [5.41, 5.74) is 0.814. The molecule has 3 atom stereocenters. The van der Waals surface area contributed by atoms with Crippen LogP contribution >= 0.6 is 0 Å². The second-order valence-corrected chi connectivity index (χ2v) is 6.11. The smallest absolute Gasteiger partial charge is 0.233 e. The topological polar surface area (TPSA) is 57.6 Å². The van der Waals surface area contributed by atoms with Gasteiger partial charge in [0.25, 0.3) is 0 Å². The molecule has 0 radical (unpaired) electrons. The zero-order valence-electron chi connectivity index (χ0n) is 12.2. The van der Waals surface area contributed by atoms with Crippen molar-refractivity contribution in [3.63, 3.8) is 0 Å². The van der Waals surface area contributed by atoms with Crippen molar-refractivity contribution in [2.75, 3.05) is 6.61 Å². The van der Waals surface area contributed by atoms with E-state index in [1.54, 1.807) is 0 Å². The van der Waals surface area contributed by atoms with Crippen molar-refractivity contribution < 1.29 is 14.7 Å². The SMILES string of the molecule is CCC1CC2C(=O)N(C(CO)c3ccccc3)C(=O)C2C1. The molecule has 21 heavy (non-hydrogen) atoms. The highest BCUT2D eigenvalue weighted by Crippen LogP contribution is 2.46. The summed E-state index contributed by atoms with van der Waals surface area (Å²) < 4.78 is 0. The van der Waals surface area contributed by atoms with Crippen molar-refractivity contribution in [2.45, 2.75) is 32.2 Å². The number of aliphatic hydroxyl groups is 1. The van der Waals surface area contributed by atoms with Gasteiger partial charge in [-0.2, -0.15) is 0 Å². The maximum Gasteiger partial charge on any atom is 0.233 e. The molecule has 4 heteroatoms. The van der Waals surface area contributed by atoms with Crippen molar-refractivity contribution in [2.24, 2.45) is 17.8 Å². The van der Waals surface area contributed by atoms with Crippen molar-refractivity contribution in [1.29, 1.82) is 0 Å². The van der Waals surface area contributed by atoms with E-state index in [0.29, 0.717) is 5.92 Å². The molecular formula is C17H21NO3. The highest BCUT2D eigenvalue weighted by Gasteiger charge is 2.54. The minimum absolute atomic E-state index is 0.0937. The molecule has 1 aliphatic carbocycles. The van der Waals surface area contributed by atoms with Crippen molar-refractivity contribution in [3.05, 3.63) is 35.9 Å². The maximum atomic E-state index is 12.6. The molecule has 1 aliphatic heterocycles. The fourth-order valence-electron chi connectivity index (χ4n) is 3.81. The third-order valence-electron chi connectivity index (χ3n) is 5.02. The van der Waals surface area contributed by atoms with Gasteiger partial charge in [-0.05, 0) is 24.3 Å². The van der Waals surface area contributed by atoms with Crippen LogP contribution in [0, 0.1) is 17.8 Å². The Morgan fingerprint density at radius 1 is 1.14 bits per heavy atom. The minimum atomic E-state index is -0.545. The van der Waals surface area contributed by atoms with Crippen LogP contribution in [0.5, 0.6) is 0 Å². The first-order chi connectivity index (χ1) is 10.2. The molecule has 3 unspecified atom stereocenters. The third kappa shape index (κ3) is 2.27. The summed E-state index contributed by atoms with van der Waals surface area (Å²) in [6, 6.07) is 8.76. The van der Waals surface area contributed by atoms with Gasteiger partial charge >= 0.3 is 0 Å². The molecule has 3 rings (SSSR count). The number of amides is 2. The summed E-state index contributed by atoms with van der Waals surface area (Å²) >= 11 is 0. The Morgan fingerprint density at radius 3 is 2.19 bits per heavy atom. The molecule has 2 fully saturated rings. The minimum Gasteiger partial charge on any atom is -0.394 e. The number of hydrogen-bond acceptors (Lipinski definition) is 3. The summed E-state index contributed by atoms with van der Waals surface area (Å²) in [6.07, 6.45) is 2.65. The van der Waals surface area contributed by atoms with Crippen LogP contribution in [0.15, 0.2) is 30.3 Å². The van der Waals surface area contributed by atoms with Gasteiger partial charge in [-0.1, -0.05) is 43.7 Å². The lowest BCUT2D eigenvalue weighted by Gasteiger charge is -2.26. The quantitative estimate of drug-likeness (QED) is 0.863. The number of imide groups is 1. The van der Waals surface area contributed by atoms with Crippen LogP contribution < -0.4 is 0 Å². The summed E-state index contributed by atoms with van der Waals surface area (Å²) in [4.78, 5) is 26.6. The lowest BCUT2D eigenvalue weighted by molar-refractivity contribution is -0.144. The Bertz CT molecular complexity index is 518. The van der Waals surface area contributed by atoms with Crippen LogP contribution in [0.2, 0.25) is 0 Å². The van der Waals surface area contributed by atoms with E-state index in [4.69, 9.17) is 0 Å². The lowest BCUT2D eigenvalue weighted by Crippen LogP contribution is -2.37. The largest absolute Gasteiger partial charge is 0.394 e. The normalized spacial score (nSPS) is 29.8. The number of nitrogens with zero attached hydrogens (tertiary/aromatic N) is 1. The summed E-state index contributed by atoms with van der Waals surface area (Å²) in [5.74, 6) is -0.0347. The summed E-state index contributed by atoms with van der Waals surface area (Å²) in [5, 5.41) is 9.69. The first kappa shape index (κ1) is 14.3. The Labute approximate surface area is 124 Å². The molecule has 1 aromatic carbocycles. The van der Waals surface area contributed by atoms with Gasteiger partial charge in [0.05, 0.1) is 24.5 Å². The van der Waals surface area contributed by atoms with E-state index in [0.717, 1.165) is 24.8 Å². The zero-order valence-corrected chi connectivity index (χ0v) is 12.2. The lowest BCUT2D eigenvalue weighted by atomic mass is 10.00. The summed E-state index contributed by atoms with van der Waals surface area (Å²) in [6.45, 7) is 1.89. The van der Waals surface area contributed by atoms with E-state index in [2.05, 4.69) is 6.92 Å². The summed E-state index contributed by atoms with van der Waals surface area (Å²) in [7, 11) is 0. The van der Waals surface area contributed by atoms with Gasteiger partial charge in [0, 0.05) is 0 Å². The van der Waals surface area contributed by atoms with Crippen LogP contribution in [0.4, 0.5) is 0 Å². The van der Waals surface area contributed by atoms with Gasteiger partial charge in [0.1, 0.15) is 0 Å². The van der Waals surface area contributed by atoms with Gasteiger partial charge in [-0.15, -0.1) is 0 Å². The monoisotopic (exact) mass is 287 g/mol. The highest BCUT2D eigenvalue weighted by molar-refractivity contribution is 6.05. The van der Waals surface area contributed by atoms with Crippen molar-refractivity contribution >= 4 is 11.8 Å². The predicted octanol–water partition coefficient (Wildman–Crippen LogP) is 2.14. The molecule has 0 aromatic heterocycles. The molecule has 1 aromatic rings. The van der Waals surface area contributed by atoms with E-state index in [9.17, 15) is 14.7 Å². The molecule has 1 N–H and O–H groups in total. The molecule has 1 saturated carbocycles. The van der Waals surface area contributed by atoms with E-state index < -0.39 is 6.04 Å². The van der Waals surface area contributed by atoms with Gasteiger partial charge in [0.2, 0.25) is 11.8 Å². The number of aliphatic hydroxyl groups excluding tert-OH is 1. The maximum absolute atomic E-state index is 12.6. The number of carbonyl (C=O) groups is 2. The Morgan fingerprint density at radius 2 is 1.71 bits per heavy atom. The number of likely N-dealkylation sites (tertiary alicyclic amines) is 1. The second-order valence-electron chi connectivity index (χ2n) is 6.11. The molecule has 112 valence electrons. The second kappa shape index (κ2) is 5.60. The van der Waals surface area contributed by atoms with Crippen LogP contribution in [0.1, 0.15) is 37.8 Å². The van der Waals surface area contributed by atoms with Crippen LogP contribution in [0.3, 0.4) is 0 Å². The number of hydrogen-bond donors (Lipinski definition) is 1. The number of fused-ring (bicyclic) bond motifs is 1. The predicted molar refractivity (Wildman–Crippen MR) is 78.1 cm³/mol. The molecular weight excluding hydrogens is 266 g/mol. The van der Waals surface area contributed by atoms with Crippen LogP contribution in [0.25, 0.3) is 0 Å². The zero-order chi connectivity index (χ0) is 15.0. The van der Waals surface area contributed by atoms with Crippen molar-refractivity contribution in [3.8, 4) is 0 Å². The fraction of sp³-hybridized carbons (Fsp3) is 0.529. The average Bonchev–Trinajstić information content (AvgIpc) is 3.04. The Balaban J connectivity index is 1.87. The first-order valence-corrected chi connectivity index (χ1v) is 7.70. The molecule has 2 amide bonds. The molecule has 1 heterocycles. The standard InChI is InChI=1S/C17H21NO3/c1-2-11-8-13-14(9-11)17(21)18(16(13)20)15(10-19)12-6-4-3-5-7-12/h3-7,11,13-15,19H,2,8-10H2,1H3. The molecule has 4 nitrogen and oxygen atoms in total. The van der Waals surface area contributed by atoms with Gasteiger partial charge < -0.3 is 5.11 Å². The molecule has 1 saturated heterocycles. The first-order valence-electron chi connectivity index (χ1n) is 7.70. The number of rotatable bonds is 4. The molecule has 0 bridgehead atoms. The Kier molecular flexibility index (Phi) is 3.81. The van der Waals surface area contributed by atoms with Crippen molar-refractivity contribution in [1.82, 2.24) is 4.90 Å². The average molecular weight is 287 g/mol. The van der Waals surface area contributed by atoms with Gasteiger partial charge in [0.15, 0.2) is 0 Å². The fourth-order valence-corrected chi connectivity index (χ4v) is 3.81. The van der Waals surface area contributed by atoms with E-state index in [1.807, 2.05) is 30.3 Å². The van der Waals surface area contributed by atoms with E-state index in [-0.39, 0.29) is 30.3 Å². The van der Waals surface area contributed by atoms with E-state index >= 15 is 0 Å². The molecule has 2 aliphatic rings. The highest BCUT2D eigenvalue weighted by atomic mass is 16.3. The van der Waals surface area contributed by atoms with Gasteiger partial charge in [-0.3, -0.25) is 14.5 Å². The van der Waals surface area contributed by atoms with E-state index in [1.165, 1.54) is 4.90 Å². The van der Waals surface area contributed by atoms with Crippen LogP contribution in [-0.4, -0.2) is 28.4 Å².